The molecule has 0 aromatic carbocycles. The summed E-state index contributed by atoms with van der Waals surface area (Å²) in [6, 6.07) is 0. The van der Waals surface area contributed by atoms with Crippen molar-refractivity contribution in [2.75, 3.05) is 0 Å². The van der Waals surface area contributed by atoms with Gasteiger partial charge in [0.2, 0.25) is 0 Å². The van der Waals surface area contributed by atoms with Gasteiger partial charge in [0.05, 0.1) is 0 Å². The molecule has 1 atom stereocenters. The van der Waals surface area contributed by atoms with E-state index < -0.39 is 0 Å². The lowest BCUT2D eigenvalue weighted by molar-refractivity contribution is -0.110. The lowest BCUT2D eigenvalue weighted by atomic mass is 10.0. The first kappa shape index (κ1) is 28.6. The van der Waals surface area contributed by atoms with E-state index in [1.807, 2.05) is 6.92 Å². The number of allylic oxidation sites excluding steroid dienone is 2. The van der Waals surface area contributed by atoms with E-state index in [0.717, 1.165) is 12.7 Å². The minimum absolute atomic E-state index is 0.274. The van der Waals surface area contributed by atoms with Crippen LogP contribution in [-0.2, 0) is 4.79 Å². The van der Waals surface area contributed by atoms with E-state index in [4.69, 9.17) is 0 Å². The van der Waals surface area contributed by atoms with Crippen molar-refractivity contribution in [3.05, 3.63) is 11.6 Å². The zero-order valence-corrected chi connectivity index (χ0v) is 19.7. The number of aldehydes is 1. The SMILES string of the molecule is CCC=C(C)CCCCCCCCC.CCCCCCCCCC(C)C=O. The molecule has 0 aliphatic rings. The van der Waals surface area contributed by atoms with Crippen LogP contribution in [0.2, 0.25) is 0 Å². The largest absolute Gasteiger partial charge is 0.303 e. The average Bonchev–Trinajstić information content (AvgIpc) is 2.67. The summed E-state index contributed by atoms with van der Waals surface area (Å²) in [5.74, 6) is 0.274. The van der Waals surface area contributed by atoms with Crippen molar-refractivity contribution in [2.24, 2.45) is 5.92 Å². The summed E-state index contributed by atoms with van der Waals surface area (Å²) in [7, 11) is 0. The van der Waals surface area contributed by atoms with Gasteiger partial charge in [-0.2, -0.15) is 0 Å². The first-order valence-corrected chi connectivity index (χ1v) is 12.2. The van der Waals surface area contributed by atoms with Crippen LogP contribution in [0.15, 0.2) is 11.6 Å². The van der Waals surface area contributed by atoms with E-state index in [2.05, 4.69) is 33.8 Å². The van der Waals surface area contributed by atoms with E-state index in [1.54, 1.807) is 5.57 Å². The van der Waals surface area contributed by atoms with E-state index in [-0.39, 0.29) is 5.92 Å². The molecule has 1 nitrogen and oxygen atoms in total. The topological polar surface area (TPSA) is 17.1 Å². The fourth-order valence-electron chi connectivity index (χ4n) is 3.30. The van der Waals surface area contributed by atoms with Crippen LogP contribution in [0.1, 0.15) is 144 Å². The van der Waals surface area contributed by atoms with Gasteiger partial charge in [0.15, 0.2) is 0 Å². The third-order valence-electron chi connectivity index (χ3n) is 5.22. The molecule has 0 aromatic heterocycles. The molecule has 0 aliphatic carbocycles. The second kappa shape index (κ2) is 25.4. The van der Waals surface area contributed by atoms with Crippen LogP contribution in [0.25, 0.3) is 0 Å². The molecule has 0 spiro atoms. The first-order valence-electron chi connectivity index (χ1n) is 12.2. The van der Waals surface area contributed by atoms with Crippen molar-refractivity contribution in [1.29, 1.82) is 0 Å². The van der Waals surface area contributed by atoms with Crippen molar-refractivity contribution >= 4 is 6.29 Å². The Morgan fingerprint density at radius 2 is 1.15 bits per heavy atom. The number of hydrogen-bond acceptors (Lipinski definition) is 1. The highest BCUT2D eigenvalue weighted by molar-refractivity contribution is 5.52. The molecule has 0 aromatic rings. The highest BCUT2D eigenvalue weighted by Gasteiger charge is 1.98. The molecule has 0 saturated carbocycles. The second-order valence-corrected chi connectivity index (χ2v) is 8.35. The molecule has 0 bridgehead atoms. The number of carbonyl (C=O) groups is 1. The van der Waals surface area contributed by atoms with E-state index in [1.165, 1.54) is 103 Å². The van der Waals surface area contributed by atoms with E-state index in [0.29, 0.717) is 0 Å². The van der Waals surface area contributed by atoms with E-state index >= 15 is 0 Å². The molecule has 0 amide bonds. The molecule has 0 saturated heterocycles. The minimum Gasteiger partial charge on any atom is -0.303 e. The lowest BCUT2D eigenvalue weighted by Gasteiger charge is -2.02. The van der Waals surface area contributed by atoms with Crippen molar-refractivity contribution in [2.45, 2.75) is 144 Å². The Bertz CT molecular complexity index is 305. The van der Waals surface area contributed by atoms with Crippen molar-refractivity contribution < 1.29 is 4.79 Å². The summed E-state index contributed by atoms with van der Waals surface area (Å²) in [6.07, 6.45) is 26.3. The normalized spacial score (nSPS) is 12.4. The van der Waals surface area contributed by atoms with Crippen LogP contribution in [0.4, 0.5) is 0 Å². The second-order valence-electron chi connectivity index (χ2n) is 8.35. The predicted molar refractivity (Wildman–Crippen MR) is 124 cm³/mol. The molecule has 0 N–H and O–H groups in total. The molecule has 1 unspecified atom stereocenters. The molecule has 0 aliphatic heterocycles. The van der Waals surface area contributed by atoms with Gasteiger partial charge in [-0.25, -0.2) is 0 Å². The standard InChI is InChI=1S/C14H28.C12H24O/c1-4-6-7-8-9-10-11-13-14(3)12-5-2;1-3-4-5-6-7-8-9-10-12(2)11-13/h12H,4-11,13H2,1-3H3;11-12H,3-10H2,1-2H3. The lowest BCUT2D eigenvalue weighted by Crippen LogP contribution is -1.94. The fraction of sp³-hybridized carbons (Fsp3) is 0.885. The average molecular weight is 381 g/mol. The van der Waals surface area contributed by atoms with Crippen molar-refractivity contribution in [1.82, 2.24) is 0 Å². The van der Waals surface area contributed by atoms with Crippen LogP contribution in [0, 0.1) is 5.92 Å². The first-order chi connectivity index (χ1) is 13.1. The summed E-state index contributed by atoms with van der Waals surface area (Å²) in [5.41, 5.74) is 1.58. The zero-order chi connectivity index (χ0) is 20.6. The number of unbranched alkanes of at least 4 members (excludes halogenated alkanes) is 12. The number of rotatable bonds is 18. The predicted octanol–water partition coefficient (Wildman–Crippen LogP) is 9.45. The quantitative estimate of drug-likeness (QED) is 0.131. The van der Waals surface area contributed by atoms with Gasteiger partial charge in [-0.1, -0.05) is 123 Å². The molecule has 27 heavy (non-hydrogen) atoms. The molecule has 0 fully saturated rings. The van der Waals surface area contributed by atoms with Crippen LogP contribution < -0.4 is 0 Å². The summed E-state index contributed by atoms with van der Waals surface area (Å²) in [6.45, 7) is 11.0. The van der Waals surface area contributed by atoms with Gasteiger partial charge in [-0.3, -0.25) is 0 Å². The molecule has 0 radical (unpaired) electrons. The Kier molecular flexibility index (Phi) is 26.9. The maximum atomic E-state index is 10.3. The minimum atomic E-state index is 0.274. The molecular formula is C26H52O. The monoisotopic (exact) mass is 380 g/mol. The molecule has 1 heteroatoms. The van der Waals surface area contributed by atoms with Gasteiger partial charge in [0.25, 0.3) is 0 Å². The maximum Gasteiger partial charge on any atom is 0.122 e. The third-order valence-corrected chi connectivity index (χ3v) is 5.22. The van der Waals surface area contributed by atoms with Crippen molar-refractivity contribution in [3.8, 4) is 0 Å². The zero-order valence-electron chi connectivity index (χ0n) is 19.7. The van der Waals surface area contributed by atoms with Gasteiger partial charge in [-0.05, 0) is 32.6 Å². The molecule has 0 heterocycles. The Morgan fingerprint density at radius 3 is 1.59 bits per heavy atom. The van der Waals surface area contributed by atoms with Gasteiger partial charge in [0.1, 0.15) is 6.29 Å². The summed E-state index contributed by atoms with van der Waals surface area (Å²) in [4.78, 5) is 10.3. The Hall–Kier alpha value is -0.590. The van der Waals surface area contributed by atoms with E-state index in [9.17, 15) is 4.79 Å². The summed E-state index contributed by atoms with van der Waals surface area (Å²) in [5, 5.41) is 0. The molecule has 0 rings (SSSR count). The third kappa shape index (κ3) is 27.7. The van der Waals surface area contributed by atoms with Gasteiger partial charge in [-0.15, -0.1) is 0 Å². The van der Waals surface area contributed by atoms with Crippen LogP contribution in [0.3, 0.4) is 0 Å². The summed E-state index contributed by atoms with van der Waals surface area (Å²) < 4.78 is 0. The molecular weight excluding hydrogens is 328 g/mol. The van der Waals surface area contributed by atoms with Gasteiger partial charge < -0.3 is 4.79 Å². The summed E-state index contributed by atoms with van der Waals surface area (Å²) >= 11 is 0. The van der Waals surface area contributed by atoms with Crippen molar-refractivity contribution in [3.63, 3.8) is 0 Å². The van der Waals surface area contributed by atoms with Crippen LogP contribution in [0.5, 0.6) is 0 Å². The number of carbonyl (C=O) groups excluding carboxylic acids is 1. The smallest absolute Gasteiger partial charge is 0.122 e. The van der Waals surface area contributed by atoms with Gasteiger partial charge in [0, 0.05) is 5.92 Å². The molecule has 162 valence electrons. The van der Waals surface area contributed by atoms with Crippen LogP contribution in [-0.4, -0.2) is 6.29 Å². The number of hydrogen-bond donors (Lipinski definition) is 0. The Labute approximate surface area is 172 Å². The Morgan fingerprint density at radius 1 is 0.704 bits per heavy atom. The highest BCUT2D eigenvalue weighted by Crippen LogP contribution is 2.12. The van der Waals surface area contributed by atoms with Gasteiger partial charge >= 0.3 is 0 Å². The highest BCUT2D eigenvalue weighted by atomic mass is 16.1. The Balaban J connectivity index is 0. The maximum absolute atomic E-state index is 10.3. The van der Waals surface area contributed by atoms with Crippen LogP contribution >= 0.6 is 0 Å². The fourth-order valence-corrected chi connectivity index (χ4v) is 3.30.